The molecule has 0 amide bonds. The zero-order chi connectivity index (χ0) is 10.7. The first kappa shape index (κ1) is 9.40. The van der Waals surface area contributed by atoms with Gasteiger partial charge in [0.2, 0.25) is 5.75 Å². The Morgan fingerprint density at radius 1 is 1.00 bits per heavy atom. The fourth-order valence-corrected chi connectivity index (χ4v) is 1.14. The molecule has 0 aromatic heterocycles. The van der Waals surface area contributed by atoms with E-state index in [-0.39, 0.29) is 17.2 Å². The van der Waals surface area contributed by atoms with Crippen LogP contribution in [-0.2, 0) is 0 Å². The summed E-state index contributed by atoms with van der Waals surface area (Å²) >= 11 is 0. The summed E-state index contributed by atoms with van der Waals surface area (Å²) < 4.78 is 5.32. The van der Waals surface area contributed by atoms with E-state index in [4.69, 9.17) is 4.74 Å². The van der Waals surface area contributed by atoms with Crippen LogP contribution in [0, 0.1) is 6.07 Å². The number of para-hydroxylation sites is 1. The Kier molecular flexibility index (Phi) is 2.46. The third-order valence-corrected chi connectivity index (χ3v) is 1.88. The van der Waals surface area contributed by atoms with Crippen molar-refractivity contribution in [1.29, 1.82) is 0 Å². The van der Waals surface area contributed by atoms with Gasteiger partial charge in [0, 0.05) is 6.07 Å². The monoisotopic (exact) mass is 201 g/mol. The van der Waals surface area contributed by atoms with Crippen LogP contribution in [-0.4, -0.2) is 10.2 Å². The number of hydrogen-bond donors (Lipinski definition) is 2. The van der Waals surface area contributed by atoms with E-state index in [2.05, 4.69) is 6.07 Å². The van der Waals surface area contributed by atoms with Crippen molar-refractivity contribution in [3.05, 3.63) is 48.5 Å². The Morgan fingerprint density at radius 3 is 2.47 bits per heavy atom. The summed E-state index contributed by atoms with van der Waals surface area (Å²) in [5, 5.41) is 18.7. The van der Waals surface area contributed by atoms with Gasteiger partial charge in [-0.15, -0.1) is 0 Å². The first-order chi connectivity index (χ1) is 7.27. The first-order valence-corrected chi connectivity index (χ1v) is 4.43. The number of phenols is 2. The van der Waals surface area contributed by atoms with Crippen molar-refractivity contribution < 1.29 is 14.9 Å². The fraction of sp³-hybridized carbons (Fsp3) is 0. The number of hydrogen-bond acceptors (Lipinski definition) is 3. The molecule has 0 spiro atoms. The fourth-order valence-electron chi connectivity index (χ4n) is 1.14. The van der Waals surface area contributed by atoms with E-state index in [0.29, 0.717) is 5.75 Å². The van der Waals surface area contributed by atoms with Crippen LogP contribution < -0.4 is 4.74 Å². The zero-order valence-electron chi connectivity index (χ0n) is 7.84. The van der Waals surface area contributed by atoms with Crippen LogP contribution in [0.2, 0.25) is 0 Å². The molecule has 2 N–H and O–H groups in total. The van der Waals surface area contributed by atoms with Gasteiger partial charge in [0.05, 0.1) is 0 Å². The summed E-state index contributed by atoms with van der Waals surface area (Å²) in [5.74, 6) is 0.164. The molecule has 3 nitrogen and oxygen atoms in total. The SMILES string of the molecule is Oc1cc[c]c(Oc2ccccc2)c1O. The molecule has 0 fully saturated rings. The lowest BCUT2D eigenvalue weighted by atomic mass is 10.3. The van der Waals surface area contributed by atoms with Gasteiger partial charge in [-0.1, -0.05) is 18.2 Å². The molecule has 0 saturated heterocycles. The molecular formula is C12H9O3. The van der Waals surface area contributed by atoms with Gasteiger partial charge in [0.15, 0.2) is 11.5 Å². The summed E-state index contributed by atoms with van der Waals surface area (Å²) in [6, 6.07) is 14.5. The molecule has 2 aromatic carbocycles. The normalized spacial score (nSPS) is 9.87. The topological polar surface area (TPSA) is 49.7 Å². The van der Waals surface area contributed by atoms with Crippen LogP contribution in [0.15, 0.2) is 42.5 Å². The maximum Gasteiger partial charge on any atom is 0.201 e. The maximum absolute atomic E-state index is 9.45. The van der Waals surface area contributed by atoms with E-state index in [0.717, 1.165) is 0 Å². The number of aromatic hydroxyl groups is 2. The van der Waals surface area contributed by atoms with E-state index < -0.39 is 0 Å². The van der Waals surface area contributed by atoms with Crippen molar-refractivity contribution in [2.45, 2.75) is 0 Å². The Labute approximate surface area is 87.2 Å². The van der Waals surface area contributed by atoms with Crippen LogP contribution in [0.3, 0.4) is 0 Å². The standard InChI is InChI=1S/C12H9O3/c13-10-7-4-8-11(12(10)14)15-9-5-2-1-3-6-9/h1-7,13-14H. The van der Waals surface area contributed by atoms with Gasteiger partial charge in [-0.25, -0.2) is 0 Å². The minimum Gasteiger partial charge on any atom is -0.504 e. The quantitative estimate of drug-likeness (QED) is 0.734. The average Bonchev–Trinajstić information content (AvgIpc) is 2.26. The van der Waals surface area contributed by atoms with Gasteiger partial charge < -0.3 is 14.9 Å². The average molecular weight is 201 g/mol. The highest BCUT2D eigenvalue weighted by atomic mass is 16.5. The Balaban J connectivity index is 2.29. The van der Waals surface area contributed by atoms with E-state index in [1.54, 1.807) is 12.1 Å². The molecule has 1 radical (unpaired) electrons. The summed E-state index contributed by atoms with van der Waals surface area (Å²) in [6.07, 6.45) is 0. The van der Waals surface area contributed by atoms with Crippen LogP contribution in [0.25, 0.3) is 0 Å². The lowest BCUT2D eigenvalue weighted by molar-refractivity contribution is 0.372. The lowest BCUT2D eigenvalue weighted by Crippen LogP contribution is -1.84. The van der Waals surface area contributed by atoms with Gasteiger partial charge >= 0.3 is 0 Å². The molecule has 0 aliphatic carbocycles. The molecule has 15 heavy (non-hydrogen) atoms. The molecule has 2 aromatic rings. The van der Waals surface area contributed by atoms with E-state index in [1.165, 1.54) is 12.1 Å². The Hall–Kier alpha value is -2.16. The number of phenolic OH excluding ortho intramolecular Hbond substituents is 2. The van der Waals surface area contributed by atoms with Crippen molar-refractivity contribution in [2.24, 2.45) is 0 Å². The largest absolute Gasteiger partial charge is 0.504 e. The van der Waals surface area contributed by atoms with Crippen molar-refractivity contribution in [3.8, 4) is 23.0 Å². The lowest BCUT2D eigenvalue weighted by Gasteiger charge is -2.07. The summed E-state index contributed by atoms with van der Waals surface area (Å²) in [4.78, 5) is 0. The molecular weight excluding hydrogens is 192 g/mol. The van der Waals surface area contributed by atoms with Gasteiger partial charge in [0.1, 0.15) is 5.75 Å². The molecule has 0 saturated carbocycles. The molecule has 0 unspecified atom stereocenters. The van der Waals surface area contributed by atoms with Crippen molar-refractivity contribution in [2.75, 3.05) is 0 Å². The van der Waals surface area contributed by atoms with E-state index in [1.807, 2.05) is 18.2 Å². The molecule has 0 bridgehead atoms. The van der Waals surface area contributed by atoms with Gasteiger partial charge in [-0.05, 0) is 24.3 Å². The van der Waals surface area contributed by atoms with Crippen LogP contribution in [0.5, 0.6) is 23.0 Å². The van der Waals surface area contributed by atoms with Gasteiger partial charge in [-0.2, -0.15) is 0 Å². The van der Waals surface area contributed by atoms with Crippen LogP contribution in [0.1, 0.15) is 0 Å². The summed E-state index contributed by atoms with van der Waals surface area (Å²) in [7, 11) is 0. The minimum absolute atomic E-state index is 0.112. The summed E-state index contributed by atoms with van der Waals surface area (Å²) in [6.45, 7) is 0. The summed E-state index contributed by atoms with van der Waals surface area (Å²) in [5.41, 5.74) is 0. The number of benzene rings is 2. The highest BCUT2D eigenvalue weighted by Crippen LogP contribution is 2.36. The second-order valence-electron chi connectivity index (χ2n) is 2.96. The molecule has 0 aliphatic heterocycles. The first-order valence-electron chi connectivity index (χ1n) is 4.43. The highest BCUT2D eigenvalue weighted by Gasteiger charge is 2.07. The highest BCUT2D eigenvalue weighted by molar-refractivity contribution is 5.49. The minimum atomic E-state index is -0.304. The molecule has 0 atom stereocenters. The smallest absolute Gasteiger partial charge is 0.201 e. The maximum atomic E-state index is 9.45. The van der Waals surface area contributed by atoms with Gasteiger partial charge in [0.25, 0.3) is 0 Å². The molecule has 2 rings (SSSR count). The predicted octanol–water partition coefficient (Wildman–Crippen LogP) is 2.69. The second-order valence-corrected chi connectivity index (χ2v) is 2.96. The van der Waals surface area contributed by atoms with Crippen LogP contribution >= 0.6 is 0 Å². The number of ether oxygens (including phenoxy) is 1. The molecule has 0 heterocycles. The van der Waals surface area contributed by atoms with Crippen LogP contribution in [0.4, 0.5) is 0 Å². The van der Waals surface area contributed by atoms with Crippen molar-refractivity contribution >= 4 is 0 Å². The Morgan fingerprint density at radius 2 is 1.73 bits per heavy atom. The third-order valence-electron chi connectivity index (χ3n) is 1.88. The Bertz CT molecular complexity index is 452. The van der Waals surface area contributed by atoms with E-state index in [9.17, 15) is 10.2 Å². The zero-order valence-corrected chi connectivity index (χ0v) is 7.84. The second kappa shape index (κ2) is 3.92. The van der Waals surface area contributed by atoms with Gasteiger partial charge in [-0.3, -0.25) is 0 Å². The molecule has 75 valence electrons. The van der Waals surface area contributed by atoms with Crippen molar-refractivity contribution in [3.63, 3.8) is 0 Å². The number of rotatable bonds is 2. The van der Waals surface area contributed by atoms with E-state index >= 15 is 0 Å². The molecule has 3 heteroatoms. The van der Waals surface area contributed by atoms with Crippen molar-refractivity contribution in [1.82, 2.24) is 0 Å². The predicted molar refractivity (Wildman–Crippen MR) is 55.1 cm³/mol. The third kappa shape index (κ3) is 2.02. The molecule has 0 aliphatic rings.